The zero-order valence-corrected chi connectivity index (χ0v) is 24.0. The van der Waals surface area contributed by atoms with Crippen molar-refractivity contribution in [1.82, 2.24) is 0 Å². The molecule has 0 saturated carbocycles. The van der Waals surface area contributed by atoms with Gasteiger partial charge in [0.25, 0.3) is 0 Å². The molecule has 0 amide bonds. The number of rotatable bonds is 25. The Hall–Kier alpha value is -0.0800. The van der Waals surface area contributed by atoms with Gasteiger partial charge in [0.15, 0.2) is 0 Å². The third-order valence-electron chi connectivity index (χ3n) is 8.34. The fourth-order valence-corrected chi connectivity index (χ4v) is 5.68. The maximum atomic E-state index is 11.9. The molecule has 0 bridgehead atoms. The molecule has 4 unspecified atom stereocenters. The number of unbranched alkanes of at least 4 members (excludes halogenated alkanes) is 6. The molecule has 4 atom stereocenters. The van der Waals surface area contributed by atoms with Crippen LogP contribution in [0, 0.1) is 28.9 Å². The lowest BCUT2D eigenvalue weighted by Gasteiger charge is -2.26. The first-order valence-corrected chi connectivity index (χ1v) is 15.5. The third-order valence-corrected chi connectivity index (χ3v) is 8.34. The van der Waals surface area contributed by atoms with E-state index in [9.17, 15) is 5.21 Å². The van der Waals surface area contributed by atoms with Crippen molar-refractivity contribution in [1.29, 1.82) is 0 Å². The SMILES string of the molecule is CCCCCCC(C)CCCC(CC)CC(CC(CC)CCCC(C)CCCCCC)[NH2+][O-]. The summed E-state index contributed by atoms with van der Waals surface area (Å²) in [6.45, 7) is 14.1. The molecule has 0 aliphatic carbocycles. The first-order valence-electron chi connectivity index (χ1n) is 15.5. The van der Waals surface area contributed by atoms with Gasteiger partial charge in [0.05, 0.1) is 6.04 Å². The highest BCUT2D eigenvalue weighted by Crippen LogP contribution is 2.26. The lowest BCUT2D eigenvalue weighted by Crippen LogP contribution is -2.84. The van der Waals surface area contributed by atoms with E-state index < -0.39 is 0 Å². The van der Waals surface area contributed by atoms with Gasteiger partial charge >= 0.3 is 0 Å². The van der Waals surface area contributed by atoms with Gasteiger partial charge in [-0.3, -0.25) is 0 Å². The molecule has 2 N–H and O–H groups in total. The number of nitrogens with two attached hydrogens (primary N) is 1. The van der Waals surface area contributed by atoms with Crippen LogP contribution in [-0.2, 0) is 0 Å². The van der Waals surface area contributed by atoms with Crippen molar-refractivity contribution in [2.75, 3.05) is 0 Å². The standard InChI is InChI=1S/C31H65NO/c1-7-11-13-15-19-27(5)21-17-23-29(9-3)25-31(32-33)26-30(10-4)24-18-22-28(6)20-16-14-12-8-2/h27-31H,7-26,32H2,1-6H3. The third kappa shape index (κ3) is 19.9. The molecule has 0 spiro atoms. The van der Waals surface area contributed by atoms with Gasteiger partial charge in [0.2, 0.25) is 0 Å². The average Bonchev–Trinajstić information content (AvgIpc) is 2.82. The van der Waals surface area contributed by atoms with Crippen LogP contribution in [0.1, 0.15) is 170 Å². The largest absolute Gasteiger partial charge is 0.636 e. The number of hydroxylamine groups is 1. The summed E-state index contributed by atoms with van der Waals surface area (Å²) < 4.78 is 0. The van der Waals surface area contributed by atoms with Crippen LogP contribution in [0.5, 0.6) is 0 Å². The van der Waals surface area contributed by atoms with E-state index in [2.05, 4.69) is 41.5 Å². The van der Waals surface area contributed by atoms with Crippen LogP contribution >= 0.6 is 0 Å². The average molecular weight is 468 g/mol. The maximum Gasteiger partial charge on any atom is 0.0861 e. The second kappa shape index (κ2) is 23.7. The molecule has 2 nitrogen and oxygen atoms in total. The molecule has 200 valence electrons. The van der Waals surface area contributed by atoms with Gasteiger partial charge in [-0.1, -0.05) is 157 Å². The molecule has 0 heterocycles. The van der Waals surface area contributed by atoms with E-state index in [0.717, 1.165) is 36.5 Å². The minimum Gasteiger partial charge on any atom is -0.636 e. The number of hydrogen-bond donors (Lipinski definition) is 1. The van der Waals surface area contributed by atoms with E-state index in [4.69, 9.17) is 0 Å². The zero-order chi connectivity index (χ0) is 24.7. The smallest absolute Gasteiger partial charge is 0.0861 e. The molecule has 33 heavy (non-hydrogen) atoms. The summed E-state index contributed by atoms with van der Waals surface area (Å²) in [6, 6.07) is 0.290. The fourth-order valence-electron chi connectivity index (χ4n) is 5.68. The Labute approximate surface area is 210 Å². The van der Waals surface area contributed by atoms with Crippen LogP contribution in [0.4, 0.5) is 0 Å². The van der Waals surface area contributed by atoms with Gasteiger partial charge in [0.1, 0.15) is 0 Å². The van der Waals surface area contributed by atoms with Gasteiger partial charge in [0, 0.05) is 12.8 Å². The van der Waals surface area contributed by atoms with Crippen LogP contribution < -0.4 is 5.48 Å². The van der Waals surface area contributed by atoms with E-state index in [1.807, 2.05) is 0 Å². The van der Waals surface area contributed by atoms with Crippen LogP contribution in [0.25, 0.3) is 0 Å². The zero-order valence-electron chi connectivity index (χ0n) is 24.0. The van der Waals surface area contributed by atoms with Crippen LogP contribution in [0.2, 0.25) is 0 Å². The first kappa shape index (κ1) is 32.9. The van der Waals surface area contributed by atoms with Crippen molar-refractivity contribution < 1.29 is 5.48 Å². The highest BCUT2D eigenvalue weighted by molar-refractivity contribution is 4.70. The molecule has 0 aromatic heterocycles. The maximum absolute atomic E-state index is 11.9. The van der Waals surface area contributed by atoms with Crippen LogP contribution in [0.3, 0.4) is 0 Å². The second-order valence-electron chi connectivity index (χ2n) is 11.7. The van der Waals surface area contributed by atoms with Crippen molar-refractivity contribution in [3.63, 3.8) is 0 Å². The van der Waals surface area contributed by atoms with Crippen LogP contribution in [0.15, 0.2) is 0 Å². The van der Waals surface area contributed by atoms with Gasteiger partial charge in [-0.2, -0.15) is 0 Å². The summed E-state index contributed by atoms with van der Waals surface area (Å²) >= 11 is 0. The predicted molar refractivity (Wildman–Crippen MR) is 149 cm³/mol. The van der Waals surface area contributed by atoms with E-state index in [-0.39, 0.29) is 6.04 Å². The number of hydrogen-bond acceptors (Lipinski definition) is 1. The second-order valence-corrected chi connectivity index (χ2v) is 11.7. The summed E-state index contributed by atoms with van der Waals surface area (Å²) in [6.07, 6.45) is 26.8. The molecule has 0 aliphatic heterocycles. The molecule has 0 aromatic rings. The molecule has 0 aliphatic rings. The summed E-state index contributed by atoms with van der Waals surface area (Å²) in [5.74, 6) is 3.24. The Morgan fingerprint density at radius 2 is 0.909 bits per heavy atom. The number of quaternary nitrogens is 1. The summed E-state index contributed by atoms with van der Waals surface area (Å²) in [4.78, 5) is 0. The van der Waals surface area contributed by atoms with Crippen molar-refractivity contribution in [2.24, 2.45) is 23.7 Å². The van der Waals surface area contributed by atoms with Gasteiger partial charge in [-0.15, -0.1) is 0 Å². The lowest BCUT2D eigenvalue weighted by atomic mass is 9.84. The minimum absolute atomic E-state index is 0.290. The molecule has 2 heteroatoms. The van der Waals surface area contributed by atoms with E-state index in [1.54, 1.807) is 0 Å². The Balaban J connectivity index is 4.16. The Bertz CT molecular complexity index is 351. The van der Waals surface area contributed by atoms with Crippen LogP contribution in [-0.4, -0.2) is 6.04 Å². The van der Waals surface area contributed by atoms with Gasteiger partial charge in [-0.25, -0.2) is 0 Å². The van der Waals surface area contributed by atoms with E-state index in [0.29, 0.717) is 0 Å². The summed E-state index contributed by atoms with van der Waals surface area (Å²) in [5.41, 5.74) is 1.30. The minimum atomic E-state index is 0.290. The lowest BCUT2D eigenvalue weighted by molar-refractivity contribution is -0.631. The van der Waals surface area contributed by atoms with E-state index >= 15 is 0 Å². The van der Waals surface area contributed by atoms with Crippen molar-refractivity contribution in [3.05, 3.63) is 5.21 Å². The Kier molecular flexibility index (Phi) is 23.6. The monoisotopic (exact) mass is 468 g/mol. The van der Waals surface area contributed by atoms with Crippen molar-refractivity contribution >= 4 is 0 Å². The van der Waals surface area contributed by atoms with E-state index in [1.165, 1.54) is 121 Å². The fraction of sp³-hybridized carbons (Fsp3) is 1.00. The molecule has 0 rings (SSSR count). The van der Waals surface area contributed by atoms with Gasteiger partial charge in [-0.05, 0) is 23.7 Å². The molecule has 0 saturated heterocycles. The predicted octanol–water partition coefficient (Wildman–Crippen LogP) is 9.80. The molecular weight excluding hydrogens is 402 g/mol. The topological polar surface area (TPSA) is 39.7 Å². The molecular formula is C31H65NO. The summed E-state index contributed by atoms with van der Waals surface area (Å²) in [7, 11) is 0. The molecule has 0 aromatic carbocycles. The molecule has 0 radical (unpaired) electrons. The Morgan fingerprint density at radius 3 is 1.24 bits per heavy atom. The highest BCUT2D eigenvalue weighted by atomic mass is 16.5. The normalized spacial score (nSPS) is 16.5. The first-order chi connectivity index (χ1) is 16.0. The van der Waals surface area contributed by atoms with Crippen molar-refractivity contribution in [2.45, 2.75) is 176 Å². The summed E-state index contributed by atoms with van der Waals surface area (Å²) in [5, 5.41) is 11.9. The highest BCUT2D eigenvalue weighted by Gasteiger charge is 2.20. The van der Waals surface area contributed by atoms with Crippen molar-refractivity contribution in [3.8, 4) is 0 Å². The van der Waals surface area contributed by atoms with Gasteiger partial charge < -0.3 is 10.7 Å². The Morgan fingerprint density at radius 1 is 0.515 bits per heavy atom. The molecule has 0 fully saturated rings. The quantitative estimate of drug-likeness (QED) is 0.105.